The van der Waals surface area contributed by atoms with Gasteiger partial charge in [0.05, 0.1) is 12.6 Å². The third-order valence-electron chi connectivity index (χ3n) is 2.63. The molecule has 1 atom stereocenters. The first kappa shape index (κ1) is 11.0. The predicted octanol–water partition coefficient (Wildman–Crippen LogP) is 1.31. The van der Waals surface area contributed by atoms with Crippen LogP contribution in [-0.4, -0.2) is 16.8 Å². The second-order valence-corrected chi connectivity index (χ2v) is 3.69. The molecule has 0 fully saturated rings. The monoisotopic (exact) mass is 195 g/mol. The van der Waals surface area contributed by atoms with Crippen LogP contribution in [0.1, 0.15) is 28.3 Å². The van der Waals surface area contributed by atoms with Crippen LogP contribution in [0.5, 0.6) is 5.75 Å². The number of hydrogen-bond acceptors (Lipinski definition) is 3. The maximum atomic E-state index is 9.87. The Balaban J connectivity index is 3.36. The Morgan fingerprint density at radius 2 is 1.86 bits per heavy atom. The van der Waals surface area contributed by atoms with E-state index in [4.69, 9.17) is 10.8 Å². The highest BCUT2D eigenvalue weighted by atomic mass is 16.3. The van der Waals surface area contributed by atoms with Crippen LogP contribution in [0.2, 0.25) is 0 Å². The van der Waals surface area contributed by atoms with Crippen LogP contribution in [0.4, 0.5) is 0 Å². The van der Waals surface area contributed by atoms with E-state index in [1.54, 1.807) is 0 Å². The highest BCUT2D eigenvalue weighted by Crippen LogP contribution is 2.31. The molecule has 1 rings (SSSR count). The fourth-order valence-electron chi connectivity index (χ4n) is 1.65. The second kappa shape index (κ2) is 3.98. The van der Waals surface area contributed by atoms with Crippen LogP contribution in [0, 0.1) is 20.8 Å². The smallest absolute Gasteiger partial charge is 0.123 e. The molecule has 3 heteroatoms. The number of aromatic hydroxyl groups is 1. The summed E-state index contributed by atoms with van der Waals surface area (Å²) in [6.07, 6.45) is 0. The van der Waals surface area contributed by atoms with E-state index in [0.717, 1.165) is 16.7 Å². The van der Waals surface area contributed by atoms with Crippen LogP contribution < -0.4 is 5.73 Å². The normalized spacial score (nSPS) is 12.9. The molecule has 0 amide bonds. The van der Waals surface area contributed by atoms with Crippen molar-refractivity contribution in [2.24, 2.45) is 5.73 Å². The number of hydrogen-bond donors (Lipinski definition) is 3. The summed E-state index contributed by atoms with van der Waals surface area (Å²) in [6, 6.07) is 1.47. The van der Waals surface area contributed by atoms with E-state index in [1.807, 2.05) is 26.8 Å². The molecule has 1 aromatic rings. The number of aryl methyl sites for hydroxylation is 2. The van der Waals surface area contributed by atoms with E-state index < -0.39 is 6.04 Å². The topological polar surface area (TPSA) is 66.5 Å². The van der Waals surface area contributed by atoms with Crippen LogP contribution in [0.3, 0.4) is 0 Å². The predicted molar refractivity (Wildman–Crippen MR) is 56.3 cm³/mol. The van der Waals surface area contributed by atoms with Crippen molar-refractivity contribution in [1.29, 1.82) is 0 Å². The van der Waals surface area contributed by atoms with Crippen molar-refractivity contribution in [3.63, 3.8) is 0 Å². The van der Waals surface area contributed by atoms with Gasteiger partial charge in [0.1, 0.15) is 5.75 Å². The Bertz CT molecular complexity index is 348. The molecule has 0 heterocycles. The number of rotatable bonds is 2. The molecule has 0 spiro atoms. The van der Waals surface area contributed by atoms with Gasteiger partial charge >= 0.3 is 0 Å². The molecule has 0 radical (unpaired) electrons. The molecule has 0 aliphatic rings. The van der Waals surface area contributed by atoms with Crippen molar-refractivity contribution in [3.05, 3.63) is 28.3 Å². The summed E-state index contributed by atoms with van der Waals surface area (Å²) in [7, 11) is 0. The summed E-state index contributed by atoms with van der Waals surface area (Å²) in [5.41, 5.74) is 9.14. The Hall–Kier alpha value is -1.06. The third kappa shape index (κ3) is 1.74. The molecule has 3 nitrogen and oxygen atoms in total. The molecule has 0 bridgehead atoms. The summed E-state index contributed by atoms with van der Waals surface area (Å²) in [4.78, 5) is 0. The van der Waals surface area contributed by atoms with Crippen LogP contribution in [0.25, 0.3) is 0 Å². The third-order valence-corrected chi connectivity index (χ3v) is 2.63. The molecular formula is C11H17NO2. The Kier molecular flexibility index (Phi) is 3.13. The molecular weight excluding hydrogens is 178 g/mol. The van der Waals surface area contributed by atoms with E-state index in [2.05, 4.69) is 0 Å². The highest BCUT2D eigenvalue weighted by molar-refractivity contribution is 5.50. The minimum absolute atomic E-state index is 0.156. The molecule has 14 heavy (non-hydrogen) atoms. The Morgan fingerprint density at radius 1 is 1.29 bits per heavy atom. The summed E-state index contributed by atoms with van der Waals surface area (Å²) in [5.74, 6) is 0.212. The van der Waals surface area contributed by atoms with Crippen molar-refractivity contribution in [2.45, 2.75) is 26.8 Å². The zero-order valence-corrected chi connectivity index (χ0v) is 8.83. The number of phenolic OH excluding ortho intramolecular Hbond substituents is 1. The van der Waals surface area contributed by atoms with Crippen molar-refractivity contribution < 1.29 is 10.2 Å². The Morgan fingerprint density at radius 3 is 2.36 bits per heavy atom. The lowest BCUT2D eigenvalue weighted by molar-refractivity contribution is 0.264. The van der Waals surface area contributed by atoms with Crippen molar-refractivity contribution in [3.8, 4) is 5.75 Å². The van der Waals surface area contributed by atoms with E-state index >= 15 is 0 Å². The lowest BCUT2D eigenvalue weighted by Crippen LogP contribution is -2.16. The van der Waals surface area contributed by atoms with Gasteiger partial charge in [-0.15, -0.1) is 0 Å². The van der Waals surface area contributed by atoms with Crippen molar-refractivity contribution in [2.75, 3.05) is 6.61 Å². The highest BCUT2D eigenvalue weighted by Gasteiger charge is 2.15. The first-order valence-corrected chi connectivity index (χ1v) is 4.65. The van der Waals surface area contributed by atoms with Gasteiger partial charge in [-0.05, 0) is 37.5 Å². The van der Waals surface area contributed by atoms with Crippen LogP contribution in [0.15, 0.2) is 6.07 Å². The summed E-state index contributed by atoms with van der Waals surface area (Å²) >= 11 is 0. The van der Waals surface area contributed by atoms with E-state index in [9.17, 15) is 5.11 Å². The van der Waals surface area contributed by atoms with Gasteiger partial charge in [-0.3, -0.25) is 0 Å². The first-order valence-electron chi connectivity index (χ1n) is 4.65. The number of phenols is 1. The van der Waals surface area contributed by atoms with Crippen LogP contribution >= 0.6 is 0 Å². The summed E-state index contributed by atoms with van der Waals surface area (Å²) in [5, 5.41) is 18.8. The quantitative estimate of drug-likeness (QED) is 0.666. The molecule has 0 aliphatic heterocycles. The number of aliphatic hydroxyl groups excluding tert-OH is 1. The van der Waals surface area contributed by atoms with Gasteiger partial charge in [0, 0.05) is 5.56 Å². The lowest BCUT2D eigenvalue weighted by Gasteiger charge is -2.17. The number of aliphatic hydroxyl groups is 1. The van der Waals surface area contributed by atoms with Gasteiger partial charge in [-0.2, -0.15) is 0 Å². The van der Waals surface area contributed by atoms with Crippen molar-refractivity contribution in [1.82, 2.24) is 0 Å². The fourth-order valence-corrected chi connectivity index (χ4v) is 1.65. The average molecular weight is 195 g/mol. The Labute approximate surface area is 84.2 Å². The standard InChI is InChI=1S/C11H17NO2/c1-6-4-7(2)10(9(12)5-13)11(14)8(6)3/h4,9,13-14H,5,12H2,1-3H3. The summed E-state index contributed by atoms with van der Waals surface area (Å²) < 4.78 is 0. The zero-order chi connectivity index (χ0) is 10.9. The maximum absolute atomic E-state index is 9.87. The van der Waals surface area contributed by atoms with E-state index in [-0.39, 0.29) is 12.4 Å². The maximum Gasteiger partial charge on any atom is 0.123 e. The molecule has 0 aromatic heterocycles. The van der Waals surface area contributed by atoms with Gasteiger partial charge < -0.3 is 15.9 Å². The minimum atomic E-state index is -0.505. The zero-order valence-electron chi connectivity index (χ0n) is 8.83. The van der Waals surface area contributed by atoms with E-state index in [0.29, 0.717) is 5.56 Å². The van der Waals surface area contributed by atoms with Gasteiger partial charge in [0.25, 0.3) is 0 Å². The van der Waals surface area contributed by atoms with Gasteiger partial charge in [0.15, 0.2) is 0 Å². The minimum Gasteiger partial charge on any atom is -0.507 e. The van der Waals surface area contributed by atoms with Gasteiger partial charge in [-0.25, -0.2) is 0 Å². The van der Waals surface area contributed by atoms with Gasteiger partial charge in [0.2, 0.25) is 0 Å². The lowest BCUT2D eigenvalue weighted by atomic mass is 9.95. The molecule has 0 saturated heterocycles. The molecule has 1 unspecified atom stereocenters. The molecule has 4 N–H and O–H groups in total. The average Bonchev–Trinajstić information content (AvgIpc) is 2.14. The molecule has 0 saturated carbocycles. The molecule has 1 aromatic carbocycles. The first-order chi connectivity index (χ1) is 6.49. The van der Waals surface area contributed by atoms with E-state index in [1.165, 1.54) is 0 Å². The SMILES string of the molecule is Cc1cc(C)c(C(N)CO)c(O)c1C. The molecule has 78 valence electrons. The van der Waals surface area contributed by atoms with Gasteiger partial charge in [-0.1, -0.05) is 6.07 Å². The second-order valence-electron chi connectivity index (χ2n) is 3.69. The number of nitrogens with two attached hydrogens (primary N) is 1. The number of benzene rings is 1. The fraction of sp³-hybridized carbons (Fsp3) is 0.455. The largest absolute Gasteiger partial charge is 0.507 e. The summed E-state index contributed by atoms with van der Waals surface area (Å²) in [6.45, 7) is 5.52. The molecule has 0 aliphatic carbocycles. The van der Waals surface area contributed by atoms with Crippen molar-refractivity contribution >= 4 is 0 Å². The van der Waals surface area contributed by atoms with Crippen LogP contribution in [-0.2, 0) is 0 Å².